The largest absolute Gasteiger partial charge is 0.504 e. The third kappa shape index (κ3) is 3.66. The van der Waals surface area contributed by atoms with Gasteiger partial charge in [0.1, 0.15) is 6.61 Å². The zero-order valence-electron chi connectivity index (χ0n) is 15.1. The van der Waals surface area contributed by atoms with E-state index in [-0.39, 0.29) is 5.75 Å². The number of anilines is 1. The van der Waals surface area contributed by atoms with Crippen molar-refractivity contribution in [3.8, 4) is 22.8 Å². The predicted octanol–water partition coefficient (Wildman–Crippen LogP) is 3.91. The van der Waals surface area contributed by atoms with Crippen LogP contribution >= 0.6 is 11.6 Å². The fraction of sp³-hybridized carbons (Fsp3) is 0.250. The summed E-state index contributed by atoms with van der Waals surface area (Å²) in [6, 6.07) is 9.19. The first-order valence-electron chi connectivity index (χ1n) is 8.67. The van der Waals surface area contributed by atoms with Crippen LogP contribution in [-0.4, -0.2) is 33.2 Å². The maximum atomic E-state index is 10.5. The second kappa shape index (κ2) is 7.04. The summed E-state index contributed by atoms with van der Waals surface area (Å²) >= 11 is 5.93. The average molecular weight is 383 g/mol. The molecule has 0 amide bonds. The quantitative estimate of drug-likeness (QED) is 0.724. The summed E-state index contributed by atoms with van der Waals surface area (Å²) in [5, 5.41) is 11.1. The second-order valence-electron chi connectivity index (χ2n) is 6.57. The Labute approximate surface area is 162 Å². The van der Waals surface area contributed by atoms with E-state index >= 15 is 0 Å². The highest BCUT2D eigenvalue weighted by molar-refractivity contribution is 6.30. The first-order chi connectivity index (χ1) is 13.0. The number of pyridine rings is 1. The summed E-state index contributed by atoms with van der Waals surface area (Å²) in [7, 11) is 0. The Balaban J connectivity index is 1.73. The van der Waals surface area contributed by atoms with Gasteiger partial charge in [-0.1, -0.05) is 11.6 Å². The summed E-state index contributed by atoms with van der Waals surface area (Å²) < 4.78 is 5.81. The summed E-state index contributed by atoms with van der Waals surface area (Å²) in [5.41, 5.74) is 4.24. The molecular weight excluding hydrogens is 364 g/mol. The highest BCUT2D eigenvalue weighted by Crippen LogP contribution is 2.37. The molecule has 3 aromatic rings. The molecule has 4 rings (SSSR count). The lowest BCUT2D eigenvalue weighted by Crippen LogP contribution is -2.27. The van der Waals surface area contributed by atoms with E-state index in [1.54, 1.807) is 18.3 Å². The molecule has 1 aliphatic heterocycles. The molecule has 0 saturated heterocycles. The highest BCUT2D eigenvalue weighted by Gasteiger charge is 2.22. The Morgan fingerprint density at radius 2 is 1.89 bits per heavy atom. The minimum atomic E-state index is 0.0995. The van der Waals surface area contributed by atoms with Crippen LogP contribution in [0.2, 0.25) is 5.02 Å². The lowest BCUT2D eigenvalue weighted by molar-refractivity contribution is 0.311. The number of hydrogen-bond donors (Lipinski definition) is 1. The van der Waals surface area contributed by atoms with Crippen molar-refractivity contribution in [1.29, 1.82) is 0 Å². The van der Waals surface area contributed by atoms with Crippen LogP contribution in [0.15, 0.2) is 36.5 Å². The van der Waals surface area contributed by atoms with Gasteiger partial charge in [-0.3, -0.25) is 4.98 Å². The number of hydrogen-bond acceptors (Lipinski definition) is 6. The Morgan fingerprint density at radius 1 is 1.11 bits per heavy atom. The predicted molar refractivity (Wildman–Crippen MR) is 104 cm³/mol. The van der Waals surface area contributed by atoms with Crippen LogP contribution in [0.1, 0.15) is 17.0 Å². The van der Waals surface area contributed by atoms with Gasteiger partial charge in [-0.05, 0) is 44.2 Å². The Hall–Kier alpha value is -2.86. The number of nitrogens with zero attached hydrogens (tertiary/aromatic N) is 4. The number of aromatic hydroxyl groups is 1. The van der Waals surface area contributed by atoms with Gasteiger partial charge >= 0.3 is 0 Å². The molecule has 1 aliphatic rings. The number of rotatable bonds is 2. The van der Waals surface area contributed by atoms with Crippen LogP contribution in [0, 0.1) is 13.8 Å². The normalized spacial score (nSPS) is 13.7. The molecule has 0 fully saturated rings. The van der Waals surface area contributed by atoms with Crippen molar-refractivity contribution >= 4 is 17.5 Å². The molecule has 0 unspecified atom stereocenters. The van der Waals surface area contributed by atoms with E-state index in [4.69, 9.17) is 16.3 Å². The van der Waals surface area contributed by atoms with Gasteiger partial charge in [-0.25, -0.2) is 9.97 Å². The zero-order valence-corrected chi connectivity index (χ0v) is 15.9. The molecule has 27 heavy (non-hydrogen) atoms. The van der Waals surface area contributed by atoms with Crippen LogP contribution in [0.3, 0.4) is 0 Å². The molecule has 0 spiro atoms. The first-order valence-corrected chi connectivity index (χ1v) is 9.05. The minimum Gasteiger partial charge on any atom is -0.504 e. The molecule has 0 bridgehead atoms. The number of phenols is 1. The molecule has 6 nitrogen and oxygen atoms in total. The molecule has 7 heteroatoms. The second-order valence-corrected chi connectivity index (χ2v) is 7.00. The number of fused-ring (bicyclic) bond motifs is 1. The van der Waals surface area contributed by atoms with Gasteiger partial charge in [0.15, 0.2) is 11.5 Å². The van der Waals surface area contributed by atoms with E-state index in [1.165, 1.54) is 0 Å². The number of aryl methyl sites for hydroxylation is 2. The van der Waals surface area contributed by atoms with E-state index in [2.05, 4.69) is 19.9 Å². The van der Waals surface area contributed by atoms with Crippen LogP contribution in [0.25, 0.3) is 11.3 Å². The molecule has 0 aliphatic carbocycles. The standard InChI is InChI=1S/C20H19ClN4O2/c1-12-7-13(2)24-20(23-12)25-5-6-27-19-15(11-25)8-14(9-18(19)26)17-4-3-16(21)10-22-17/h3-4,7-10,26H,5-6,11H2,1-2H3. The highest BCUT2D eigenvalue weighted by atomic mass is 35.5. The Morgan fingerprint density at radius 3 is 2.59 bits per heavy atom. The van der Waals surface area contributed by atoms with E-state index in [0.717, 1.165) is 28.2 Å². The average Bonchev–Trinajstić information content (AvgIpc) is 2.84. The number of ether oxygens (including phenoxy) is 1. The van der Waals surface area contributed by atoms with Crippen LogP contribution in [-0.2, 0) is 6.54 Å². The molecule has 138 valence electrons. The molecule has 2 aromatic heterocycles. The number of benzene rings is 1. The van der Waals surface area contributed by atoms with Gasteiger partial charge in [0, 0.05) is 35.3 Å². The molecular formula is C20H19ClN4O2. The van der Waals surface area contributed by atoms with Crippen molar-refractivity contribution < 1.29 is 9.84 Å². The molecule has 1 aromatic carbocycles. The number of halogens is 1. The SMILES string of the molecule is Cc1cc(C)nc(N2CCOc3c(O)cc(-c4ccc(Cl)cn4)cc3C2)n1. The topological polar surface area (TPSA) is 71.4 Å². The van der Waals surface area contributed by atoms with Gasteiger partial charge in [0.05, 0.1) is 17.3 Å². The Kier molecular flexibility index (Phi) is 4.58. The van der Waals surface area contributed by atoms with Crippen molar-refractivity contribution in [2.45, 2.75) is 20.4 Å². The fourth-order valence-corrected chi connectivity index (χ4v) is 3.32. The summed E-state index contributed by atoms with van der Waals surface area (Å²) in [5.74, 6) is 1.26. The van der Waals surface area contributed by atoms with E-state index in [1.807, 2.05) is 32.0 Å². The zero-order chi connectivity index (χ0) is 19.0. The molecule has 0 atom stereocenters. The van der Waals surface area contributed by atoms with Crippen molar-refractivity contribution in [1.82, 2.24) is 15.0 Å². The first kappa shape index (κ1) is 17.5. The lowest BCUT2D eigenvalue weighted by Gasteiger charge is -2.20. The van der Waals surface area contributed by atoms with Gasteiger partial charge in [-0.2, -0.15) is 0 Å². The van der Waals surface area contributed by atoms with Gasteiger partial charge in [0.25, 0.3) is 0 Å². The van der Waals surface area contributed by atoms with Crippen molar-refractivity contribution in [3.63, 3.8) is 0 Å². The smallest absolute Gasteiger partial charge is 0.226 e. The molecule has 1 N–H and O–H groups in total. The van der Waals surface area contributed by atoms with Crippen molar-refractivity contribution in [2.75, 3.05) is 18.1 Å². The lowest BCUT2D eigenvalue weighted by atomic mass is 10.0. The maximum absolute atomic E-state index is 10.5. The van der Waals surface area contributed by atoms with Crippen LogP contribution in [0.5, 0.6) is 11.5 Å². The van der Waals surface area contributed by atoms with Crippen molar-refractivity contribution in [2.24, 2.45) is 0 Å². The Bertz CT molecular complexity index is 972. The summed E-state index contributed by atoms with van der Waals surface area (Å²) in [4.78, 5) is 15.5. The van der Waals surface area contributed by atoms with E-state index in [0.29, 0.717) is 36.4 Å². The fourth-order valence-electron chi connectivity index (χ4n) is 3.21. The maximum Gasteiger partial charge on any atom is 0.226 e. The molecule has 0 saturated carbocycles. The van der Waals surface area contributed by atoms with Gasteiger partial charge in [0.2, 0.25) is 5.95 Å². The third-order valence-electron chi connectivity index (χ3n) is 4.39. The van der Waals surface area contributed by atoms with Gasteiger partial charge in [-0.15, -0.1) is 0 Å². The molecule has 0 radical (unpaired) electrons. The minimum absolute atomic E-state index is 0.0995. The van der Waals surface area contributed by atoms with E-state index in [9.17, 15) is 5.11 Å². The van der Waals surface area contributed by atoms with Crippen LogP contribution in [0.4, 0.5) is 5.95 Å². The van der Waals surface area contributed by atoms with E-state index < -0.39 is 0 Å². The summed E-state index contributed by atoms with van der Waals surface area (Å²) in [6.45, 7) is 5.52. The third-order valence-corrected chi connectivity index (χ3v) is 4.62. The monoisotopic (exact) mass is 382 g/mol. The summed E-state index contributed by atoms with van der Waals surface area (Å²) in [6.07, 6.45) is 1.59. The number of phenolic OH excluding ortho intramolecular Hbond substituents is 1. The molecule has 3 heterocycles. The van der Waals surface area contributed by atoms with Crippen molar-refractivity contribution in [3.05, 3.63) is 58.5 Å². The van der Waals surface area contributed by atoms with Gasteiger partial charge < -0.3 is 14.7 Å². The van der Waals surface area contributed by atoms with Crippen LogP contribution < -0.4 is 9.64 Å². The number of aromatic nitrogens is 3.